The molecule has 74 valence electrons. The average Bonchev–Trinajstić information content (AvgIpc) is 2.32. The van der Waals surface area contributed by atoms with Crippen molar-refractivity contribution in [1.82, 2.24) is 9.88 Å². The molecule has 0 aromatic carbocycles. The molecule has 0 radical (unpaired) electrons. The lowest BCUT2D eigenvalue weighted by Crippen LogP contribution is -2.11. The number of nitrogens with two attached hydrogens (primary N) is 1. The third-order valence-electron chi connectivity index (χ3n) is 1.25. The molecule has 1 aromatic heterocycles. The normalized spacial score (nSPS) is 12.3. The highest BCUT2D eigenvalue weighted by molar-refractivity contribution is 7.91. The van der Waals surface area contributed by atoms with Crippen molar-refractivity contribution in [3.05, 3.63) is 11.1 Å². The SMILES string of the molecule is CN(C)Cc1cnc(S(N)(=O)=O)s1. The number of primary sulfonamides is 1. The first kappa shape index (κ1) is 10.6. The molecule has 0 unspecified atom stereocenters. The van der Waals surface area contributed by atoms with Crippen LogP contribution in [0.1, 0.15) is 4.88 Å². The zero-order chi connectivity index (χ0) is 10.1. The molecule has 0 atom stereocenters. The summed E-state index contributed by atoms with van der Waals surface area (Å²) >= 11 is 1.10. The topological polar surface area (TPSA) is 76.3 Å². The summed E-state index contributed by atoms with van der Waals surface area (Å²) in [4.78, 5) is 6.53. The van der Waals surface area contributed by atoms with E-state index >= 15 is 0 Å². The fourth-order valence-electron chi connectivity index (χ4n) is 0.806. The van der Waals surface area contributed by atoms with Crippen molar-refractivity contribution in [2.75, 3.05) is 14.1 Å². The summed E-state index contributed by atoms with van der Waals surface area (Å²) in [5, 5.41) is 4.91. The number of thiazole rings is 1. The highest BCUT2D eigenvalue weighted by Crippen LogP contribution is 2.17. The van der Waals surface area contributed by atoms with Gasteiger partial charge >= 0.3 is 0 Å². The molecule has 0 aliphatic rings. The highest BCUT2D eigenvalue weighted by atomic mass is 32.2. The van der Waals surface area contributed by atoms with E-state index in [2.05, 4.69) is 4.98 Å². The van der Waals surface area contributed by atoms with Crippen LogP contribution in [-0.2, 0) is 16.6 Å². The van der Waals surface area contributed by atoms with E-state index in [0.29, 0.717) is 6.54 Å². The molecule has 1 rings (SSSR count). The van der Waals surface area contributed by atoms with Gasteiger partial charge in [-0.05, 0) is 14.1 Å². The lowest BCUT2D eigenvalue weighted by Gasteiger charge is -2.05. The minimum absolute atomic E-state index is 0.0237. The van der Waals surface area contributed by atoms with Gasteiger partial charge in [0.1, 0.15) is 0 Å². The maximum atomic E-state index is 10.8. The molecular formula is C6H11N3O2S2. The van der Waals surface area contributed by atoms with Gasteiger partial charge in [-0.3, -0.25) is 0 Å². The van der Waals surface area contributed by atoms with Gasteiger partial charge < -0.3 is 4.90 Å². The summed E-state index contributed by atoms with van der Waals surface area (Å²) in [6.45, 7) is 0.674. The van der Waals surface area contributed by atoms with Gasteiger partial charge in [0.25, 0.3) is 10.0 Å². The van der Waals surface area contributed by atoms with Gasteiger partial charge in [-0.15, -0.1) is 11.3 Å². The van der Waals surface area contributed by atoms with Crippen molar-refractivity contribution in [2.24, 2.45) is 5.14 Å². The summed E-state index contributed by atoms with van der Waals surface area (Å²) in [6, 6.07) is 0. The number of sulfonamides is 1. The van der Waals surface area contributed by atoms with Gasteiger partial charge in [0, 0.05) is 17.6 Å². The molecule has 7 heteroatoms. The first-order valence-corrected chi connectivity index (χ1v) is 5.88. The molecule has 5 nitrogen and oxygen atoms in total. The van der Waals surface area contributed by atoms with E-state index < -0.39 is 10.0 Å². The Labute approximate surface area is 81.2 Å². The van der Waals surface area contributed by atoms with Gasteiger partial charge in [0.05, 0.1) is 0 Å². The standard InChI is InChI=1S/C6H11N3O2S2/c1-9(2)4-5-3-8-6(12-5)13(7,10)11/h3H,4H2,1-2H3,(H2,7,10,11). The first-order chi connectivity index (χ1) is 5.89. The van der Waals surface area contributed by atoms with Crippen LogP contribution in [0.25, 0.3) is 0 Å². The molecule has 0 spiro atoms. The second kappa shape index (κ2) is 3.70. The summed E-state index contributed by atoms with van der Waals surface area (Å²) in [5.74, 6) is 0. The molecule has 0 saturated heterocycles. The van der Waals surface area contributed by atoms with Crippen LogP contribution in [0.4, 0.5) is 0 Å². The van der Waals surface area contributed by atoms with E-state index in [1.807, 2.05) is 19.0 Å². The molecule has 0 amide bonds. The Morgan fingerprint density at radius 1 is 1.62 bits per heavy atom. The molecule has 2 N–H and O–H groups in total. The van der Waals surface area contributed by atoms with Gasteiger partial charge in [-0.1, -0.05) is 0 Å². The molecule has 0 bridgehead atoms. The molecule has 0 saturated carbocycles. The Kier molecular flexibility index (Phi) is 3.01. The zero-order valence-corrected chi connectivity index (χ0v) is 9.02. The van der Waals surface area contributed by atoms with E-state index in [-0.39, 0.29) is 4.34 Å². The molecule has 1 aromatic rings. The van der Waals surface area contributed by atoms with Crippen LogP contribution >= 0.6 is 11.3 Å². The molecular weight excluding hydrogens is 210 g/mol. The van der Waals surface area contributed by atoms with E-state index in [1.165, 1.54) is 6.20 Å². The number of aromatic nitrogens is 1. The third-order valence-corrected chi connectivity index (χ3v) is 3.56. The fraction of sp³-hybridized carbons (Fsp3) is 0.500. The summed E-state index contributed by atoms with van der Waals surface area (Å²) < 4.78 is 21.7. The van der Waals surface area contributed by atoms with Crippen molar-refractivity contribution >= 4 is 21.4 Å². The minimum atomic E-state index is -3.63. The van der Waals surface area contributed by atoms with Crippen LogP contribution in [0.3, 0.4) is 0 Å². The lowest BCUT2D eigenvalue weighted by molar-refractivity contribution is 0.406. The predicted molar refractivity (Wildman–Crippen MR) is 50.9 cm³/mol. The second-order valence-electron chi connectivity index (χ2n) is 2.88. The van der Waals surface area contributed by atoms with Crippen LogP contribution in [0.2, 0.25) is 0 Å². The highest BCUT2D eigenvalue weighted by Gasteiger charge is 2.13. The Morgan fingerprint density at radius 2 is 2.23 bits per heavy atom. The molecule has 0 fully saturated rings. The van der Waals surface area contributed by atoms with Crippen LogP contribution < -0.4 is 5.14 Å². The van der Waals surface area contributed by atoms with Gasteiger partial charge in [0.15, 0.2) is 0 Å². The minimum Gasteiger partial charge on any atom is -0.304 e. The number of hydrogen-bond acceptors (Lipinski definition) is 5. The molecule has 13 heavy (non-hydrogen) atoms. The summed E-state index contributed by atoms with van der Waals surface area (Å²) in [6.07, 6.45) is 1.53. The second-order valence-corrected chi connectivity index (χ2v) is 5.73. The van der Waals surface area contributed by atoms with Crippen molar-refractivity contribution in [3.63, 3.8) is 0 Å². The Morgan fingerprint density at radius 3 is 2.62 bits per heavy atom. The van der Waals surface area contributed by atoms with E-state index in [4.69, 9.17) is 5.14 Å². The van der Waals surface area contributed by atoms with Crippen molar-refractivity contribution in [2.45, 2.75) is 10.9 Å². The number of hydrogen-bond donors (Lipinski definition) is 1. The van der Waals surface area contributed by atoms with Gasteiger partial charge in [-0.2, -0.15) is 0 Å². The third kappa shape index (κ3) is 3.03. The van der Waals surface area contributed by atoms with Gasteiger partial charge in [-0.25, -0.2) is 18.5 Å². The van der Waals surface area contributed by atoms with E-state index in [0.717, 1.165) is 16.2 Å². The van der Waals surface area contributed by atoms with E-state index in [1.54, 1.807) is 0 Å². The lowest BCUT2D eigenvalue weighted by atomic mass is 10.5. The zero-order valence-electron chi connectivity index (χ0n) is 7.39. The predicted octanol–water partition coefficient (Wildman–Crippen LogP) is -0.148. The Bertz CT molecular complexity index is 382. The first-order valence-electron chi connectivity index (χ1n) is 3.52. The maximum absolute atomic E-state index is 10.8. The molecule has 0 aliphatic heterocycles. The van der Waals surface area contributed by atoms with Gasteiger partial charge in [0.2, 0.25) is 4.34 Å². The molecule has 1 heterocycles. The fourth-order valence-corrected chi connectivity index (χ4v) is 2.55. The quantitative estimate of drug-likeness (QED) is 0.770. The van der Waals surface area contributed by atoms with Crippen molar-refractivity contribution in [1.29, 1.82) is 0 Å². The Balaban J connectivity index is 2.88. The van der Waals surface area contributed by atoms with E-state index in [9.17, 15) is 8.42 Å². The van der Waals surface area contributed by atoms with Crippen molar-refractivity contribution < 1.29 is 8.42 Å². The van der Waals surface area contributed by atoms with Crippen LogP contribution in [0.15, 0.2) is 10.5 Å². The largest absolute Gasteiger partial charge is 0.304 e. The number of rotatable bonds is 3. The smallest absolute Gasteiger partial charge is 0.265 e. The number of nitrogens with zero attached hydrogens (tertiary/aromatic N) is 2. The van der Waals surface area contributed by atoms with Crippen molar-refractivity contribution in [3.8, 4) is 0 Å². The maximum Gasteiger partial charge on any atom is 0.265 e. The summed E-state index contributed by atoms with van der Waals surface area (Å²) in [7, 11) is 0.169. The monoisotopic (exact) mass is 221 g/mol. The van der Waals surface area contributed by atoms with Crippen LogP contribution in [0, 0.1) is 0 Å². The average molecular weight is 221 g/mol. The molecule has 0 aliphatic carbocycles. The van der Waals surface area contributed by atoms with Crippen LogP contribution in [0.5, 0.6) is 0 Å². The summed E-state index contributed by atoms with van der Waals surface area (Å²) in [5.41, 5.74) is 0. The van der Waals surface area contributed by atoms with Crippen LogP contribution in [-0.4, -0.2) is 32.4 Å². The Hall–Kier alpha value is -0.500.